The zero-order valence-corrected chi connectivity index (χ0v) is 20.7. The Labute approximate surface area is 206 Å². The third kappa shape index (κ3) is 4.61. The molecule has 0 aromatic heterocycles. The maximum Gasteiger partial charge on any atom is 0.253 e. The van der Waals surface area contributed by atoms with E-state index in [1.165, 1.54) is 5.56 Å². The molecule has 3 aromatic rings. The SMILES string of the molecule is COc1ccc2c(c1)Oc1ccccc1N=C2N1CCN(C(=O)c2ccc(C(C)(C)C)cc2)CC1. The lowest BCUT2D eigenvalue weighted by molar-refractivity contribution is 0.0692. The van der Waals surface area contributed by atoms with Gasteiger partial charge in [-0.25, -0.2) is 4.99 Å². The quantitative estimate of drug-likeness (QED) is 0.488. The maximum atomic E-state index is 13.2. The van der Waals surface area contributed by atoms with E-state index in [4.69, 9.17) is 14.5 Å². The van der Waals surface area contributed by atoms with E-state index < -0.39 is 0 Å². The molecule has 2 heterocycles. The predicted octanol–water partition coefficient (Wildman–Crippen LogP) is 5.63. The number of ether oxygens (including phenoxy) is 2. The summed E-state index contributed by atoms with van der Waals surface area (Å²) in [6, 6.07) is 21.6. The van der Waals surface area contributed by atoms with Gasteiger partial charge in [0.25, 0.3) is 5.91 Å². The molecule has 35 heavy (non-hydrogen) atoms. The van der Waals surface area contributed by atoms with Gasteiger partial charge in [-0.2, -0.15) is 0 Å². The molecule has 0 aliphatic carbocycles. The van der Waals surface area contributed by atoms with Gasteiger partial charge in [0.2, 0.25) is 0 Å². The van der Waals surface area contributed by atoms with E-state index in [-0.39, 0.29) is 11.3 Å². The van der Waals surface area contributed by atoms with Gasteiger partial charge in [0.15, 0.2) is 5.75 Å². The number of rotatable bonds is 2. The first-order valence-electron chi connectivity index (χ1n) is 12.0. The summed E-state index contributed by atoms with van der Waals surface area (Å²) in [5.41, 5.74) is 3.73. The van der Waals surface area contributed by atoms with Gasteiger partial charge in [0, 0.05) is 37.8 Å². The topological polar surface area (TPSA) is 54.4 Å². The van der Waals surface area contributed by atoms with Crippen molar-refractivity contribution in [3.8, 4) is 17.2 Å². The molecule has 1 fully saturated rings. The number of para-hydroxylation sites is 2. The number of nitrogens with zero attached hydrogens (tertiary/aromatic N) is 3. The van der Waals surface area contributed by atoms with Crippen molar-refractivity contribution in [2.24, 2.45) is 4.99 Å². The largest absolute Gasteiger partial charge is 0.497 e. The van der Waals surface area contributed by atoms with Crippen molar-refractivity contribution in [3.05, 3.63) is 83.4 Å². The Kier molecular flexibility index (Phi) is 5.97. The summed E-state index contributed by atoms with van der Waals surface area (Å²) < 4.78 is 11.7. The average Bonchev–Trinajstić information content (AvgIpc) is 3.04. The Morgan fingerprint density at radius 3 is 2.31 bits per heavy atom. The zero-order chi connectivity index (χ0) is 24.6. The van der Waals surface area contributed by atoms with Gasteiger partial charge in [0.1, 0.15) is 23.0 Å². The number of amidine groups is 1. The highest BCUT2D eigenvalue weighted by atomic mass is 16.5. The minimum Gasteiger partial charge on any atom is -0.497 e. The fourth-order valence-corrected chi connectivity index (χ4v) is 4.49. The van der Waals surface area contributed by atoms with Crippen molar-refractivity contribution in [2.75, 3.05) is 33.3 Å². The lowest BCUT2D eigenvalue weighted by atomic mass is 9.86. The molecule has 3 aromatic carbocycles. The lowest BCUT2D eigenvalue weighted by Gasteiger charge is -2.36. The molecule has 1 amide bonds. The van der Waals surface area contributed by atoms with Gasteiger partial charge >= 0.3 is 0 Å². The lowest BCUT2D eigenvalue weighted by Crippen LogP contribution is -2.50. The number of aliphatic imine (C=N–C) groups is 1. The Hall–Kier alpha value is -3.80. The number of amides is 1. The Bertz CT molecular complexity index is 1270. The molecule has 0 N–H and O–H groups in total. The fourth-order valence-electron chi connectivity index (χ4n) is 4.49. The summed E-state index contributed by atoms with van der Waals surface area (Å²) in [7, 11) is 1.65. The van der Waals surface area contributed by atoms with Gasteiger partial charge in [-0.1, -0.05) is 45.0 Å². The van der Waals surface area contributed by atoms with Crippen LogP contribution in [0.4, 0.5) is 5.69 Å². The first kappa shape index (κ1) is 23.0. The molecule has 180 valence electrons. The number of hydrogen-bond acceptors (Lipinski definition) is 5. The second-order valence-corrected chi connectivity index (χ2v) is 9.97. The molecular formula is C29H31N3O3. The van der Waals surface area contributed by atoms with E-state index in [1.807, 2.05) is 59.5 Å². The molecule has 1 saturated heterocycles. The van der Waals surface area contributed by atoms with Crippen LogP contribution in [0.5, 0.6) is 17.2 Å². The normalized spacial score (nSPS) is 15.4. The van der Waals surface area contributed by atoms with Crippen LogP contribution in [-0.4, -0.2) is 54.8 Å². The van der Waals surface area contributed by atoms with Crippen LogP contribution in [-0.2, 0) is 5.41 Å². The van der Waals surface area contributed by atoms with Crippen molar-refractivity contribution < 1.29 is 14.3 Å². The molecule has 6 heteroatoms. The standard InChI is InChI=1S/C29H31N3O3/c1-29(2,3)21-11-9-20(10-12-21)28(33)32-17-15-31(16-18-32)27-23-14-13-22(34-4)19-26(23)35-25-8-6-5-7-24(25)30-27/h5-14,19H,15-18H2,1-4H3. The molecule has 0 unspecified atom stereocenters. The Morgan fingerprint density at radius 1 is 0.914 bits per heavy atom. The highest BCUT2D eigenvalue weighted by Crippen LogP contribution is 2.39. The first-order valence-corrected chi connectivity index (χ1v) is 12.0. The Morgan fingerprint density at radius 2 is 1.63 bits per heavy atom. The molecule has 0 saturated carbocycles. The second kappa shape index (κ2) is 9.10. The van der Waals surface area contributed by atoms with Crippen LogP contribution in [0.25, 0.3) is 0 Å². The smallest absolute Gasteiger partial charge is 0.253 e. The van der Waals surface area contributed by atoms with E-state index in [0.717, 1.165) is 28.4 Å². The maximum absolute atomic E-state index is 13.2. The summed E-state index contributed by atoms with van der Waals surface area (Å²) in [5.74, 6) is 3.09. The van der Waals surface area contributed by atoms with Crippen molar-refractivity contribution in [1.29, 1.82) is 0 Å². The monoisotopic (exact) mass is 469 g/mol. The highest BCUT2D eigenvalue weighted by molar-refractivity contribution is 6.04. The minimum atomic E-state index is 0.0648. The van der Waals surface area contributed by atoms with Crippen LogP contribution in [0.1, 0.15) is 42.3 Å². The van der Waals surface area contributed by atoms with Gasteiger partial charge in [-0.05, 0) is 47.4 Å². The van der Waals surface area contributed by atoms with Crippen molar-refractivity contribution >= 4 is 17.4 Å². The number of benzene rings is 3. The third-order valence-corrected chi connectivity index (χ3v) is 6.61. The first-order chi connectivity index (χ1) is 16.8. The minimum absolute atomic E-state index is 0.0648. The second-order valence-electron chi connectivity index (χ2n) is 9.97. The molecule has 5 rings (SSSR count). The molecule has 2 aliphatic heterocycles. The summed E-state index contributed by atoms with van der Waals surface area (Å²) in [6.07, 6.45) is 0. The van der Waals surface area contributed by atoms with Crippen molar-refractivity contribution in [2.45, 2.75) is 26.2 Å². The van der Waals surface area contributed by atoms with Crippen LogP contribution >= 0.6 is 0 Å². The molecule has 0 spiro atoms. The van der Waals surface area contributed by atoms with Crippen LogP contribution in [0, 0.1) is 0 Å². The van der Waals surface area contributed by atoms with Gasteiger partial charge in [-0.3, -0.25) is 4.79 Å². The van der Waals surface area contributed by atoms with Crippen molar-refractivity contribution in [1.82, 2.24) is 9.80 Å². The Balaban J connectivity index is 1.37. The summed E-state index contributed by atoms with van der Waals surface area (Å²) in [6.45, 7) is 9.18. The number of hydrogen-bond donors (Lipinski definition) is 0. The number of fused-ring (bicyclic) bond motifs is 2. The average molecular weight is 470 g/mol. The van der Waals surface area contributed by atoms with E-state index in [1.54, 1.807) is 7.11 Å². The van der Waals surface area contributed by atoms with Gasteiger partial charge < -0.3 is 19.3 Å². The predicted molar refractivity (Wildman–Crippen MR) is 138 cm³/mol. The summed E-state index contributed by atoms with van der Waals surface area (Å²) >= 11 is 0. The summed E-state index contributed by atoms with van der Waals surface area (Å²) in [5, 5.41) is 0. The van der Waals surface area contributed by atoms with Crippen LogP contribution < -0.4 is 9.47 Å². The number of methoxy groups -OCH3 is 1. The van der Waals surface area contributed by atoms with Crippen LogP contribution in [0.2, 0.25) is 0 Å². The summed E-state index contributed by atoms with van der Waals surface area (Å²) in [4.78, 5) is 22.3. The van der Waals surface area contributed by atoms with E-state index in [9.17, 15) is 4.79 Å². The van der Waals surface area contributed by atoms with Crippen LogP contribution in [0.3, 0.4) is 0 Å². The van der Waals surface area contributed by atoms with Gasteiger partial charge in [0.05, 0.1) is 12.7 Å². The molecule has 6 nitrogen and oxygen atoms in total. The molecule has 0 atom stereocenters. The zero-order valence-electron chi connectivity index (χ0n) is 20.7. The number of carbonyl (C=O) groups excluding carboxylic acids is 1. The molecule has 0 bridgehead atoms. The van der Waals surface area contributed by atoms with E-state index in [2.05, 4.69) is 37.8 Å². The van der Waals surface area contributed by atoms with E-state index >= 15 is 0 Å². The number of carbonyl (C=O) groups is 1. The molecule has 2 aliphatic rings. The fraction of sp³-hybridized carbons (Fsp3) is 0.310. The van der Waals surface area contributed by atoms with Crippen molar-refractivity contribution in [3.63, 3.8) is 0 Å². The van der Waals surface area contributed by atoms with Gasteiger partial charge in [-0.15, -0.1) is 0 Å². The number of piperazine rings is 1. The van der Waals surface area contributed by atoms with E-state index in [0.29, 0.717) is 37.7 Å². The van der Waals surface area contributed by atoms with Crippen LogP contribution in [0.15, 0.2) is 71.7 Å². The highest BCUT2D eigenvalue weighted by Gasteiger charge is 2.28. The molecular weight excluding hydrogens is 438 g/mol. The third-order valence-electron chi connectivity index (χ3n) is 6.61. The molecule has 0 radical (unpaired) electrons.